The van der Waals surface area contributed by atoms with E-state index in [4.69, 9.17) is 4.74 Å². The number of methoxy groups -OCH3 is 1. The zero-order chi connectivity index (χ0) is 17.1. The zero-order valence-electron chi connectivity index (χ0n) is 14.2. The molecule has 0 spiro atoms. The molecule has 0 fully saturated rings. The predicted octanol–water partition coefficient (Wildman–Crippen LogP) is 2.84. The van der Waals surface area contributed by atoms with E-state index in [1.807, 2.05) is 38.5 Å². The number of carbonyl (C=O) groups is 1. The highest BCUT2D eigenvalue weighted by molar-refractivity contribution is 6.03. The number of aromatic nitrogens is 2. The monoisotopic (exact) mass is 323 g/mol. The second-order valence-electron chi connectivity index (χ2n) is 6.01. The van der Waals surface area contributed by atoms with Gasteiger partial charge in [0.1, 0.15) is 5.75 Å². The minimum atomic E-state index is -0.0857. The maximum atomic E-state index is 12.9. The fraction of sp³-hybridized carbons (Fsp3) is 0.263. The second kappa shape index (κ2) is 6.84. The SMILES string of the molecule is COc1ccc2c(CCN(C)C)cn(C(=O)c3cccnc3)c2c1. The van der Waals surface area contributed by atoms with Crippen LogP contribution in [0.3, 0.4) is 0 Å². The third-order valence-electron chi connectivity index (χ3n) is 4.05. The number of hydrogen-bond donors (Lipinski definition) is 0. The number of likely N-dealkylation sites (N-methyl/N-ethyl adjacent to an activating group) is 1. The van der Waals surface area contributed by atoms with Crippen LogP contribution in [0, 0.1) is 0 Å². The molecule has 0 amide bonds. The first-order chi connectivity index (χ1) is 11.6. The van der Waals surface area contributed by atoms with Crippen molar-refractivity contribution in [2.45, 2.75) is 6.42 Å². The van der Waals surface area contributed by atoms with Crippen LogP contribution in [0.4, 0.5) is 0 Å². The van der Waals surface area contributed by atoms with Crippen LogP contribution in [-0.2, 0) is 6.42 Å². The Labute approximate surface area is 141 Å². The third-order valence-corrected chi connectivity index (χ3v) is 4.05. The quantitative estimate of drug-likeness (QED) is 0.724. The van der Waals surface area contributed by atoms with Gasteiger partial charge in [-0.15, -0.1) is 0 Å². The van der Waals surface area contributed by atoms with Crippen molar-refractivity contribution in [3.05, 3.63) is 60.0 Å². The number of fused-ring (bicyclic) bond motifs is 1. The molecule has 0 atom stereocenters. The summed E-state index contributed by atoms with van der Waals surface area (Å²) in [6.45, 7) is 0.923. The lowest BCUT2D eigenvalue weighted by molar-refractivity contribution is 0.0964. The summed E-state index contributed by atoms with van der Waals surface area (Å²) in [6, 6.07) is 9.41. The van der Waals surface area contributed by atoms with Gasteiger partial charge in [-0.05, 0) is 50.3 Å². The largest absolute Gasteiger partial charge is 0.497 e. The molecule has 0 radical (unpaired) electrons. The molecule has 5 heteroatoms. The van der Waals surface area contributed by atoms with Crippen molar-refractivity contribution in [3.63, 3.8) is 0 Å². The lowest BCUT2D eigenvalue weighted by atomic mass is 10.1. The highest BCUT2D eigenvalue weighted by Crippen LogP contribution is 2.27. The summed E-state index contributed by atoms with van der Waals surface area (Å²) in [7, 11) is 5.72. The molecule has 1 aromatic carbocycles. The van der Waals surface area contributed by atoms with E-state index < -0.39 is 0 Å². The van der Waals surface area contributed by atoms with Crippen LogP contribution in [0.15, 0.2) is 48.9 Å². The average molecular weight is 323 g/mol. The van der Waals surface area contributed by atoms with Crippen molar-refractivity contribution >= 4 is 16.8 Å². The topological polar surface area (TPSA) is 47.4 Å². The summed E-state index contributed by atoms with van der Waals surface area (Å²) < 4.78 is 7.02. The standard InChI is InChI=1S/C19H21N3O2/c1-21(2)10-8-15-13-22(19(23)14-5-4-9-20-12-14)18-11-16(24-3)6-7-17(15)18/h4-7,9,11-13H,8,10H2,1-3H3. The smallest absolute Gasteiger partial charge is 0.263 e. The molecule has 0 bridgehead atoms. The van der Waals surface area contributed by atoms with E-state index in [0.717, 1.165) is 35.2 Å². The van der Waals surface area contributed by atoms with Gasteiger partial charge in [0.15, 0.2) is 0 Å². The maximum absolute atomic E-state index is 12.9. The molecule has 2 aromatic heterocycles. The Balaban J connectivity index is 2.10. The Hall–Kier alpha value is -2.66. The molecule has 0 aliphatic rings. The van der Waals surface area contributed by atoms with Gasteiger partial charge in [0, 0.05) is 36.6 Å². The number of ether oxygens (including phenoxy) is 1. The van der Waals surface area contributed by atoms with Crippen molar-refractivity contribution in [1.82, 2.24) is 14.5 Å². The van der Waals surface area contributed by atoms with Gasteiger partial charge >= 0.3 is 0 Å². The Morgan fingerprint density at radius 2 is 2.12 bits per heavy atom. The van der Waals surface area contributed by atoms with Crippen molar-refractivity contribution < 1.29 is 9.53 Å². The molecular weight excluding hydrogens is 302 g/mol. The fourth-order valence-corrected chi connectivity index (χ4v) is 2.74. The highest BCUT2D eigenvalue weighted by atomic mass is 16.5. The van der Waals surface area contributed by atoms with Gasteiger partial charge in [-0.1, -0.05) is 0 Å². The highest BCUT2D eigenvalue weighted by Gasteiger charge is 2.16. The normalized spacial score (nSPS) is 11.2. The number of pyridine rings is 1. The lowest BCUT2D eigenvalue weighted by Crippen LogP contribution is -2.15. The summed E-state index contributed by atoms with van der Waals surface area (Å²) in [6.07, 6.45) is 6.07. The first-order valence-corrected chi connectivity index (χ1v) is 7.87. The van der Waals surface area contributed by atoms with E-state index in [1.54, 1.807) is 36.2 Å². The molecule has 2 heterocycles. The molecule has 3 rings (SSSR count). The van der Waals surface area contributed by atoms with Crippen molar-refractivity contribution in [3.8, 4) is 5.75 Å². The van der Waals surface area contributed by atoms with E-state index in [-0.39, 0.29) is 5.91 Å². The van der Waals surface area contributed by atoms with Crippen LogP contribution in [-0.4, -0.2) is 48.1 Å². The van der Waals surface area contributed by atoms with Crippen molar-refractivity contribution in [1.29, 1.82) is 0 Å². The van der Waals surface area contributed by atoms with Crippen LogP contribution in [0.25, 0.3) is 10.9 Å². The molecule has 124 valence electrons. The summed E-state index contributed by atoms with van der Waals surface area (Å²) >= 11 is 0. The Morgan fingerprint density at radius 1 is 1.29 bits per heavy atom. The minimum Gasteiger partial charge on any atom is -0.497 e. The number of benzene rings is 1. The van der Waals surface area contributed by atoms with Crippen molar-refractivity contribution in [2.24, 2.45) is 0 Å². The van der Waals surface area contributed by atoms with Crippen LogP contribution >= 0.6 is 0 Å². The van der Waals surface area contributed by atoms with Gasteiger partial charge in [-0.25, -0.2) is 0 Å². The average Bonchev–Trinajstić information content (AvgIpc) is 2.97. The van der Waals surface area contributed by atoms with Crippen LogP contribution < -0.4 is 4.74 Å². The van der Waals surface area contributed by atoms with Gasteiger partial charge in [-0.3, -0.25) is 14.3 Å². The summed E-state index contributed by atoms with van der Waals surface area (Å²) in [5.74, 6) is 0.650. The summed E-state index contributed by atoms with van der Waals surface area (Å²) in [5, 5.41) is 1.08. The van der Waals surface area contributed by atoms with Crippen LogP contribution in [0.1, 0.15) is 15.9 Å². The van der Waals surface area contributed by atoms with E-state index in [9.17, 15) is 4.79 Å². The molecule has 0 saturated carbocycles. The zero-order valence-corrected chi connectivity index (χ0v) is 14.2. The van der Waals surface area contributed by atoms with E-state index in [2.05, 4.69) is 9.88 Å². The first-order valence-electron chi connectivity index (χ1n) is 7.87. The second-order valence-corrected chi connectivity index (χ2v) is 6.01. The molecule has 3 aromatic rings. The number of rotatable bonds is 5. The predicted molar refractivity (Wildman–Crippen MR) is 94.7 cm³/mol. The molecule has 5 nitrogen and oxygen atoms in total. The Kier molecular flexibility index (Phi) is 4.62. The number of hydrogen-bond acceptors (Lipinski definition) is 4. The van der Waals surface area contributed by atoms with Gasteiger partial charge in [0.25, 0.3) is 5.91 Å². The van der Waals surface area contributed by atoms with E-state index in [0.29, 0.717) is 5.56 Å². The van der Waals surface area contributed by atoms with Gasteiger partial charge in [-0.2, -0.15) is 0 Å². The van der Waals surface area contributed by atoms with Crippen molar-refractivity contribution in [2.75, 3.05) is 27.7 Å². The Bertz CT molecular complexity index is 854. The number of carbonyl (C=O) groups excluding carboxylic acids is 1. The van der Waals surface area contributed by atoms with E-state index in [1.165, 1.54) is 0 Å². The molecule has 24 heavy (non-hydrogen) atoms. The third kappa shape index (κ3) is 3.16. The van der Waals surface area contributed by atoms with Gasteiger partial charge in [0.05, 0.1) is 18.2 Å². The summed E-state index contributed by atoms with van der Waals surface area (Å²) in [5.41, 5.74) is 2.58. The Morgan fingerprint density at radius 3 is 2.79 bits per heavy atom. The molecule has 0 aliphatic carbocycles. The van der Waals surface area contributed by atoms with Crippen LogP contribution in [0.5, 0.6) is 5.75 Å². The first kappa shape index (κ1) is 16.2. The van der Waals surface area contributed by atoms with Crippen LogP contribution in [0.2, 0.25) is 0 Å². The molecular formula is C19H21N3O2. The lowest BCUT2D eigenvalue weighted by Gasteiger charge is -2.08. The number of nitrogens with zero attached hydrogens (tertiary/aromatic N) is 3. The maximum Gasteiger partial charge on any atom is 0.263 e. The molecule has 0 N–H and O–H groups in total. The fourth-order valence-electron chi connectivity index (χ4n) is 2.74. The minimum absolute atomic E-state index is 0.0857. The van der Waals surface area contributed by atoms with E-state index >= 15 is 0 Å². The van der Waals surface area contributed by atoms with Gasteiger partial charge < -0.3 is 9.64 Å². The summed E-state index contributed by atoms with van der Waals surface area (Å²) in [4.78, 5) is 19.1. The van der Waals surface area contributed by atoms with Gasteiger partial charge in [0.2, 0.25) is 0 Å². The molecule has 0 aliphatic heterocycles. The molecule has 0 saturated heterocycles. The molecule has 0 unspecified atom stereocenters.